The van der Waals surface area contributed by atoms with Crippen molar-refractivity contribution in [2.45, 2.75) is 19.3 Å². The van der Waals surface area contributed by atoms with Crippen LogP contribution in [0.2, 0.25) is 0 Å². The fourth-order valence-electron chi connectivity index (χ4n) is 4.23. The van der Waals surface area contributed by atoms with Crippen LogP contribution < -0.4 is 4.90 Å². The second kappa shape index (κ2) is 8.59. The molecule has 3 heterocycles. The highest BCUT2D eigenvalue weighted by Gasteiger charge is 2.25. The molecule has 146 valence electrons. The lowest BCUT2D eigenvalue weighted by Gasteiger charge is -2.31. The standard InChI is InChI=1S/C21H29N3O2S/c1-22-18-7-14-27-20(18)15-19(22)21(25)24(16-17-5-3-2-4-6-17)9-8-23-10-12-26-13-11-23/h2-3,7,14-15,17H,4-6,8-13,16H2,1H3/p+1/t17-/m0/s1. The smallest absolute Gasteiger partial charge is 0.270 e. The molecule has 0 saturated carbocycles. The predicted octanol–water partition coefficient (Wildman–Crippen LogP) is 1.95. The minimum atomic E-state index is 0.183. The first-order valence-corrected chi connectivity index (χ1v) is 11.0. The molecule has 1 N–H and O–H groups in total. The van der Waals surface area contributed by atoms with Gasteiger partial charge < -0.3 is 19.1 Å². The number of ether oxygens (including phenoxy) is 1. The lowest BCUT2D eigenvalue weighted by Crippen LogP contribution is -3.14. The van der Waals surface area contributed by atoms with Gasteiger partial charge in [0.25, 0.3) is 5.91 Å². The van der Waals surface area contributed by atoms with Crippen LogP contribution in [0.4, 0.5) is 0 Å². The SMILES string of the molecule is Cn1c(C(=O)N(CC[NH+]2CCOCC2)C[C@H]2CC=CCC2)cc2sccc21. The highest BCUT2D eigenvalue weighted by molar-refractivity contribution is 7.17. The molecule has 27 heavy (non-hydrogen) atoms. The topological polar surface area (TPSA) is 38.9 Å². The maximum absolute atomic E-state index is 13.4. The molecule has 2 aromatic rings. The van der Waals surface area contributed by atoms with E-state index in [-0.39, 0.29) is 5.91 Å². The van der Waals surface area contributed by atoms with Crippen LogP contribution in [-0.4, -0.2) is 61.3 Å². The van der Waals surface area contributed by atoms with E-state index in [1.165, 1.54) is 11.1 Å². The van der Waals surface area contributed by atoms with E-state index in [1.54, 1.807) is 16.2 Å². The maximum atomic E-state index is 13.4. The van der Waals surface area contributed by atoms with Gasteiger partial charge >= 0.3 is 0 Å². The number of rotatable bonds is 6. The summed E-state index contributed by atoms with van der Waals surface area (Å²) in [5.74, 6) is 0.767. The monoisotopic (exact) mass is 388 g/mol. The minimum Gasteiger partial charge on any atom is -0.370 e. The normalized spacial score (nSPS) is 21.0. The van der Waals surface area contributed by atoms with Crippen LogP contribution in [0, 0.1) is 5.92 Å². The van der Waals surface area contributed by atoms with Gasteiger partial charge in [-0.15, -0.1) is 11.3 Å². The number of morpholine rings is 1. The molecule has 5 nitrogen and oxygen atoms in total. The van der Waals surface area contributed by atoms with E-state index in [4.69, 9.17) is 4.74 Å². The average Bonchev–Trinajstić information content (AvgIpc) is 3.29. The number of carbonyl (C=O) groups excluding carboxylic acids is 1. The van der Waals surface area contributed by atoms with Crippen molar-refractivity contribution < 1.29 is 14.4 Å². The predicted molar refractivity (Wildman–Crippen MR) is 110 cm³/mol. The summed E-state index contributed by atoms with van der Waals surface area (Å²) < 4.78 is 8.73. The van der Waals surface area contributed by atoms with Gasteiger partial charge in [-0.3, -0.25) is 4.79 Å². The molecule has 1 amide bonds. The first kappa shape index (κ1) is 18.7. The summed E-state index contributed by atoms with van der Waals surface area (Å²) >= 11 is 1.70. The van der Waals surface area contributed by atoms with Crippen LogP contribution >= 0.6 is 11.3 Å². The van der Waals surface area contributed by atoms with Crippen LogP contribution in [0.3, 0.4) is 0 Å². The van der Waals surface area contributed by atoms with Crippen LogP contribution in [-0.2, 0) is 11.8 Å². The van der Waals surface area contributed by atoms with Crippen molar-refractivity contribution in [3.63, 3.8) is 0 Å². The molecule has 1 aliphatic heterocycles. The molecule has 1 saturated heterocycles. The number of thiophene rings is 1. The highest BCUT2D eigenvalue weighted by atomic mass is 32.1. The Balaban J connectivity index is 1.49. The highest BCUT2D eigenvalue weighted by Crippen LogP contribution is 2.26. The number of fused-ring (bicyclic) bond motifs is 1. The third-order valence-corrected chi connectivity index (χ3v) is 6.81. The average molecular weight is 389 g/mol. The molecular weight excluding hydrogens is 358 g/mol. The quantitative estimate of drug-likeness (QED) is 0.769. The van der Waals surface area contributed by atoms with Gasteiger partial charge in [0.15, 0.2) is 0 Å². The third-order valence-electron chi connectivity index (χ3n) is 5.96. The van der Waals surface area contributed by atoms with E-state index in [9.17, 15) is 4.79 Å². The fraction of sp³-hybridized carbons (Fsp3) is 0.571. The molecule has 2 aliphatic rings. The van der Waals surface area contributed by atoms with Crippen molar-refractivity contribution in [3.05, 3.63) is 35.4 Å². The number of quaternary nitrogens is 1. The van der Waals surface area contributed by atoms with Gasteiger partial charge in [-0.2, -0.15) is 0 Å². The van der Waals surface area contributed by atoms with Gasteiger partial charge in [-0.25, -0.2) is 0 Å². The number of aryl methyl sites for hydroxylation is 1. The Bertz CT molecular complexity index is 804. The van der Waals surface area contributed by atoms with Crippen molar-refractivity contribution >= 4 is 27.5 Å². The van der Waals surface area contributed by atoms with Crippen molar-refractivity contribution in [2.24, 2.45) is 13.0 Å². The summed E-state index contributed by atoms with van der Waals surface area (Å²) in [6.07, 6.45) is 7.97. The first-order chi connectivity index (χ1) is 13.2. The molecule has 1 atom stereocenters. The van der Waals surface area contributed by atoms with Gasteiger partial charge in [0.05, 0.1) is 36.5 Å². The van der Waals surface area contributed by atoms with Crippen molar-refractivity contribution in [1.29, 1.82) is 0 Å². The number of allylic oxidation sites excluding steroid dienone is 2. The zero-order chi connectivity index (χ0) is 18.6. The molecule has 0 bridgehead atoms. The van der Waals surface area contributed by atoms with Gasteiger partial charge in [-0.1, -0.05) is 12.2 Å². The number of hydrogen-bond acceptors (Lipinski definition) is 3. The summed E-state index contributed by atoms with van der Waals surface area (Å²) in [5, 5.41) is 2.09. The summed E-state index contributed by atoms with van der Waals surface area (Å²) in [4.78, 5) is 17.1. The zero-order valence-corrected chi connectivity index (χ0v) is 17.0. The maximum Gasteiger partial charge on any atom is 0.270 e. The summed E-state index contributed by atoms with van der Waals surface area (Å²) in [6, 6.07) is 4.17. The summed E-state index contributed by atoms with van der Waals surface area (Å²) in [7, 11) is 2.01. The van der Waals surface area contributed by atoms with E-state index in [1.807, 2.05) is 7.05 Å². The lowest BCUT2D eigenvalue weighted by molar-refractivity contribution is -0.907. The third kappa shape index (κ3) is 4.28. The fourth-order valence-corrected chi connectivity index (χ4v) is 5.08. The molecule has 0 aromatic carbocycles. The summed E-state index contributed by atoms with van der Waals surface area (Å²) in [5.41, 5.74) is 1.97. The van der Waals surface area contributed by atoms with E-state index in [2.05, 4.69) is 39.1 Å². The second-order valence-electron chi connectivity index (χ2n) is 7.77. The second-order valence-corrected chi connectivity index (χ2v) is 8.72. The number of aromatic nitrogens is 1. The van der Waals surface area contributed by atoms with E-state index < -0.39 is 0 Å². The van der Waals surface area contributed by atoms with Gasteiger partial charge in [-0.05, 0) is 42.7 Å². The largest absolute Gasteiger partial charge is 0.370 e. The molecule has 0 radical (unpaired) electrons. The van der Waals surface area contributed by atoms with Crippen LogP contribution in [0.25, 0.3) is 10.2 Å². The minimum absolute atomic E-state index is 0.183. The molecule has 4 rings (SSSR count). The molecular formula is C21H30N3O2S+. The summed E-state index contributed by atoms with van der Waals surface area (Å²) in [6.45, 7) is 6.48. The number of nitrogens with one attached hydrogen (secondary N) is 1. The van der Waals surface area contributed by atoms with Gasteiger partial charge in [0.1, 0.15) is 18.8 Å². The lowest BCUT2D eigenvalue weighted by atomic mass is 9.94. The van der Waals surface area contributed by atoms with Crippen LogP contribution in [0.15, 0.2) is 29.7 Å². The Labute approximate surface area is 165 Å². The number of nitrogens with zero attached hydrogens (tertiary/aromatic N) is 2. The number of hydrogen-bond donors (Lipinski definition) is 1. The Morgan fingerprint density at radius 2 is 2.22 bits per heavy atom. The molecule has 6 heteroatoms. The Kier molecular flexibility index (Phi) is 5.95. The van der Waals surface area contributed by atoms with Crippen molar-refractivity contribution in [3.8, 4) is 0 Å². The van der Waals surface area contributed by atoms with E-state index in [0.29, 0.717) is 5.92 Å². The molecule has 1 fully saturated rings. The van der Waals surface area contributed by atoms with Crippen LogP contribution in [0.5, 0.6) is 0 Å². The Morgan fingerprint density at radius 1 is 1.37 bits per heavy atom. The van der Waals surface area contributed by atoms with Crippen molar-refractivity contribution in [2.75, 3.05) is 45.9 Å². The molecule has 0 unspecified atom stereocenters. The number of amides is 1. The number of carbonyl (C=O) groups is 1. The van der Waals surface area contributed by atoms with E-state index in [0.717, 1.165) is 70.0 Å². The van der Waals surface area contributed by atoms with E-state index >= 15 is 0 Å². The van der Waals surface area contributed by atoms with Gasteiger partial charge in [0, 0.05) is 13.6 Å². The Hall–Kier alpha value is -1.63. The first-order valence-electron chi connectivity index (χ1n) is 10.1. The van der Waals surface area contributed by atoms with Crippen molar-refractivity contribution in [1.82, 2.24) is 9.47 Å². The van der Waals surface area contributed by atoms with Crippen LogP contribution in [0.1, 0.15) is 29.8 Å². The van der Waals surface area contributed by atoms with Gasteiger partial charge in [0.2, 0.25) is 0 Å². The molecule has 0 spiro atoms. The molecule has 1 aliphatic carbocycles. The Morgan fingerprint density at radius 3 is 2.96 bits per heavy atom. The molecule has 2 aromatic heterocycles. The zero-order valence-electron chi connectivity index (χ0n) is 16.2.